The van der Waals surface area contributed by atoms with Crippen LogP contribution >= 0.6 is 0 Å². The molecular weight excluding hydrogens is 120 g/mol. The van der Waals surface area contributed by atoms with Gasteiger partial charge in [-0.05, 0) is 31.1 Å². The Labute approximate surface area is 65.0 Å². The Morgan fingerprint density at radius 2 is 1.90 bits per heavy atom. The summed E-state index contributed by atoms with van der Waals surface area (Å²) in [5, 5.41) is 0. The van der Waals surface area contributed by atoms with E-state index in [1.807, 2.05) is 5.92 Å². The minimum atomic E-state index is 1.00. The van der Waals surface area contributed by atoms with Gasteiger partial charge in [0.1, 0.15) is 0 Å². The normalized spacial score (nSPS) is 23.4. The van der Waals surface area contributed by atoms with Crippen molar-refractivity contribution in [3.63, 3.8) is 0 Å². The summed E-state index contributed by atoms with van der Waals surface area (Å²) >= 11 is 0. The zero-order valence-electron chi connectivity index (χ0n) is 7.32. The molecule has 0 saturated heterocycles. The van der Waals surface area contributed by atoms with Gasteiger partial charge in [0.2, 0.25) is 0 Å². The monoisotopic (exact) mass is 139 g/mol. The van der Waals surface area contributed by atoms with Gasteiger partial charge in [0.25, 0.3) is 0 Å². The third-order valence-electron chi connectivity index (χ3n) is 2.58. The summed E-state index contributed by atoms with van der Waals surface area (Å²) in [6.45, 7) is 4.66. The lowest BCUT2D eigenvalue weighted by atomic mass is 9.81. The highest BCUT2D eigenvalue weighted by atomic mass is 14.2. The molecule has 1 aliphatic carbocycles. The molecule has 0 aromatic rings. The Kier molecular flexibility index (Phi) is 3.24. The summed E-state index contributed by atoms with van der Waals surface area (Å²) in [5.74, 6) is 2.83. The van der Waals surface area contributed by atoms with E-state index >= 15 is 0 Å². The molecular formula is C10H19. The number of hydrogen-bond donors (Lipinski definition) is 0. The SMILES string of the molecule is CCC[C]1CCC(C)CC1. The quantitative estimate of drug-likeness (QED) is 0.548. The largest absolute Gasteiger partial charge is 0.0654 e. The molecule has 1 aliphatic rings. The van der Waals surface area contributed by atoms with E-state index in [-0.39, 0.29) is 0 Å². The van der Waals surface area contributed by atoms with Crippen LogP contribution in [0.1, 0.15) is 52.4 Å². The average molecular weight is 139 g/mol. The second kappa shape index (κ2) is 4.00. The van der Waals surface area contributed by atoms with Crippen LogP contribution < -0.4 is 0 Å². The molecule has 0 amide bonds. The summed E-state index contributed by atoms with van der Waals surface area (Å²) in [4.78, 5) is 0. The molecule has 0 heteroatoms. The van der Waals surface area contributed by atoms with Crippen LogP contribution in [0.4, 0.5) is 0 Å². The Balaban J connectivity index is 2.13. The first-order chi connectivity index (χ1) is 4.83. The van der Waals surface area contributed by atoms with Crippen molar-refractivity contribution in [1.29, 1.82) is 0 Å². The van der Waals surface area contributed by atoms with Crippen molar-refractivity contribution in [1.82, 2.24) is 0 Å². The minimum absolute atomic E-state index is 1.00. The number of rotatable bonds is 2. The standard InChI is InChI=1S/C10H19/c1-3-4-10-7-5-9(2)6-8-10/h9H,3-8H2,1-2H3. The molecule has 59 valence electrons. The zero-order valence-corrected chi connectivity index (χ0v) is 7.32. The van der Waals surface area contributed by atoms with Crippen LogP contribution in [0, 0.1) is 11.8 Å². The van der Waals surface area contributed by atoms with Gasteiger partial charge in [0, 0.05) is 0 Å². The first-order valence-corrected chi connectivity index (χ1v) is 4.66. The van der Waals surface area contributed by atoms with Crippen LogP contribution in [-0.2, 0) is 0 Å². The predicted octanol–water partition coefficient (Wildman–Crippen LogP) is 3.57. The van der Waals surface area contributed by atoms with Crippen molar-refractivity contribution < 1.29 is 0 Å². The Morgan fingerprint density at radius 3 is 2.40 bits per heavy atom. The highest BCUT2D eigenvalue weighted by Gasteiger charge is 2.16. The molecule has 0 nitrogen and oxygen atoms in total. The Bertz CT molecular complexity index is 78.0. The maximum atomic E-state index is 2.38. The fourth-order valence-corrected chi connectivity index (χ4v) is 1.77. The smallest absolute Gasteiger partial charge is 0.0241 e. The molecule has 1 rings (SSSR count). The van der Waals surface area contributed by atoms with Crippen molar-refractivity contribution in [3.05, 3.63) is 5.92 Å². The van der Waals surface area contributed by atoms with Gasteiger partial charge in [-0.25, -0.2) is 0 Å². The molecule has 1 saturated carbocycles. The topological polar surface area (TPSA) is 0 Å². The van der Waals surface area contributed by atoms with E-state index in [0.717, 1.165) is 5.92 Å². The van der Waals surface area contributed by atoms with E-state index in [9.17, 15) is 0 Å². The van der Waals surface area contributed by atoms with Gasteiger partial charge >= 0.3 is 0 Å². The number of hydrogen-bond acceptors (Lipinski definition) is 0. The zero-order chi connectivity index (χ0) is 7.40. The molecule has 0 aromatic heterocycles. The van der Waals surface area contributed by atoms with Crippen molar-refractivity contribution >= 4 is 0 Å². The fraction of sp³-hybridized carbons (Fsp3) is 0.900. The molecule has 0 N–H and O–H groups in total. The van der Waals surface area contributed by atoms with E-state index in [2.05, 4.69) is 13.8 Å². The van der Waals surface area contributed by atoms with Crippen molar-refractivity contribution in [2.75, 3.05) is 0 Å². The maximum absolute atomic E-state index is 2.38. The van der Waals surface area contributed by atoms with Crippen molar-refractivity contribution in [3.8, 4) is 0 Å². The van der Waals surface area contributed by atoms with Crippen LogP contribution in [-0.4, -0.2) is 0 Å². The molecule has 0 spiro atoms. The van der Waals surface area contributed by atoms with Crippen molar-refractivity contribution in [2.24, 2.45) is 5.92 Å². The summed E-state index contributed by atoms with van der Waals surface area (Å²) in [5.41, 5.74) is 0. The maximum Gasteiger partial charge on any atom is -0.0241 e. The van der Waals surface area contributed by atoms with Gasteiger partial charge in [-0.1, -0.05) is 33.1 Å². The third kappa shape index (κ3) is 2.32. The second-order valence-electron chi connectivity index (χ2n) is 3.68. The van der Waals surface area contributed by atoms with Gasteiger partial charge < -0.3 is 0 Å². The third-order valence-corrected chi connectivity index (χ3v) is 2.58. The van der Waals surface area contributed by atoms with Crippen LogP contribution in [0.2, 0.25) is 0 Å². The Hall–Kier alpha value is 0. The van der Waals surface area contributed by atoms with Gasteiger partial charge in [0.05, 0.1) is 0 Å². The molecule has 10 heavy (non-hydrogen) atoms. The second-order valence-corrected chi connectivity index (χ2v) is 3.68. The van der Waals surface area contributed by atoms with Crippen LogP contribution in [0.3, 0.4) is 0 Å². The predicted molar refractivity (Wildman–Crippen MR) is 45.8 cm³/mol. The van der Waals surface area contributed by atoms with Gasteiger partial charge in [-0.3, -0.25) is 0 Å². The van der Waals surface area contributed by atoms with E-state index in [1.165, 1.54) is 38.5 Å². The molecule has 1 fully saturated rings. The molecule has 0 atom stereocenters. The van der Waals surface area contributed by atoms with Crippen molar-refractivity contribution in [2.45, 2.75) is 52.4 Å². The average Bonchev–Trinajstić information content (AvgIpc) is 1.95. The minimum Gasteiger partial charge on any atom is -0.0654 e. The lowest BCUT2D eigenvalue weighted by Crippen LogP contribution is -2.09. The molecule has 0 aromatic carbocycles. The molecule has 1 radical (unpaired) electrons. The van der Waals surface area contributed by atoms with E-state index in [1.54, 1.807) is 0 Å². The van der Waals surface area contributed by atoms with E-state index in [0.29, 0.717) is 0 Å². The molecule has 0 unspecified atom stereocenters. The van der Waals surface area contributed by atoms with Gasteiger partial charge in [-0.15, -0.1) is 0 Å². The molecule has 0 bridgehead atoms. The van der Waals surface area contributed by atoms with Crippen LogP contribution in [0.15, 0.2) is 0 Å². The van der Waals surface area contributed by atoms with Crippen LogP contribution in [0.25, 0.3) is 0 Å². The molecule has 0 heterocycles. The summed E-state index contributed by atoms with van der Waals surface area (Å²) in [7, 11) is 0. The summed E-state index contributed by atoms with van der Waals surface area (Å²) in [6, 6.07) is 0. The van der Waals surface area contributed by atoms with Gasteiger partial charge in [0.15, 0.2) is 0 Å². The Morgan fingerprint density at radius 1 is 1.30 bits per heavy atom. The first kappa shape index (κ1) is 8.10. The highest BCUT2D eigenvalue weighted by molar-refractivity contribution is 4.93. The van der Waals surface area contributed by atoms with E-state index < -0.39 is 0 Å². The lowest BCUT2D eigenvalue weighted by molar-refractivity contribution is 0.393. The lowest BCUT2D eigenvalue weighted by Gasteiger charge is -2.24. The first-order valence-electron chi connectivity index (χ1n) is 4.66. The summed E-state index contributed by atoms with van der Waals surface area (Å²) in [6.07, 6.45) is 8.51. The highest BCUT2D eigenvalue weighted by Crippen LogP contribution is 2.32. The van der Waals surface area contributed by atoms with Gasteiger partial charge in [-0.2, -0.15) is 0 Å². The summed E-state index contributed by atoms with van der Waals surface area (Å²) < 4.78 is 0. The van der Waals surface area contributed by atoms with E-state index in [4.69, 9.17) is 0 Å². The fourth-order valence-electron chi connectivity index (χ4n) is 1.77. The van der Waals surface area contributed by atoms with Crippen LogP contribution in [0.5, 0.6) is 0 Å². The molecule has 0 aliphatic heterocycles.